The van der Waals surface area contributed by atoms with Gasteiger partial charge < -0.3 is 25.1 Å². The van der Waals surface area contributed by atoms with Crippen molar-refractivity contribution in [2.45, 2.75) is 44.2 Å². The van der Waals surface area contributed by atoms with E-state index in [-0.39, 0.29) is 12.3 Å². The summed E-state index contributed by atoms with van der Waals surface area (Å²) in [5.41, 5.74) is 4.83. The van der Waals surface area contributed by atoms with E-state index in [2.05, 4.69) is 4.98 Å². The number of nitrogens with zero attached hydrogens (tertiary/aromatic N) is 2. The molecule has 2 fully saturated rings. The largest absolute Gasteiger partial charge is 0.493 e. The minimum atomic E-state index is -3.67. The van der Waals surface area contributed by atoms with Crippen molar-refractivity contribution >= 4 is 16.0 Å². The van der Waals surface area contributed by atoms with Gasteiger partial charge in [-0.15, -0.1) is 0 Å². The number of fused-ring (bicyclic) bond motifs is 1. The molecule has 1 aromatic heterocycles. The lowest BCUT2D eigenvalue weighted by Crippen LogP contribution is -2.33. The number of hydrogen-bond acceptors (Lipinski definition) is 9. The normalized spacial score (nSPS) is 31.2. The first kappa shape index (κ1) is 18.1. The molecule has 2 aliphatic rings. The van der Waals surface area contributed by atoms with Crippen LogP contribution in [0.15, 0.2) is 6.33 Å². The Morgan fingerprint density at radius 1 is 1.44 bits per heavy atom. The fourth-order valence-corrected chi connectivity index (χ4v) is 3.30. The van der Waals surface area contributed by atoms with Crippen LogP contribution >= 0.6 is 0 Å². The summed E-state index contributed by atoms with van der Waals surface area (Å²) >= 11 is 0. The van der Waals surface area contributed by atoms with Gasteiger partial charge >= 0.3 is 0 Å². The van der Waals surface area contributed by atoms with Gasteiger partial charge in [0, 0.05) is 0 Å². The number of primary amides is 1. The highest BCUT2D eigenvalue weighted by Gasteiger charge is 2.56. The number of nitrogens with two attached hydrogens (primary N) is 1. The van der Waals surface area contributed by atoms with E-state index in [1.807, 2.05) is 0 Å². The standard InChI is InChI=1S/C13H19N3O8S/c1-13(2)23-8-6(4-21-25(3,19)20)22-12(9(8)24-13)16-5-15-7(10(14)17)11(16)18/h5-6,8-9,12,18H,4H2,1-3H3,(H2,14,17)/t6-,8-,9-,12-/m1/s1. The number of amides is 1. The Balaban J connectivity index is 1.88. The highest BCUT2D eigenvalue weighted by Crippen LogP contribution is 2.44. The molecule has 25 heavy (non-hydrogen) atoms. The lowest BCUT2D eigenvalue weighted by molar-refractivity contribution is -0.199. The zero-order chi connectivity index (χ0) is 18.6. The summed E-state index contributed by atoms with van der Waals surface area (Å²) in [5.74, 6) is -2.32. The minimum absolute atomic E-state index is 0.284. The van der Waals surface area contributed by atoms with Crippen LogP contribution < -0.4 is 5.73 Å². The molecule has 3 N–H and O–H groups in total. The SMILES string of the molecule is CC1(C)O[C@@H]2[C@H](O1)[C@@H](COS(C)(=O)=O)O[C@H]2n1cnc(C(N)=O)c1O. The van der Waals surface area contributed by atoms with Crippen molar-refractivity contribution < 1.29 is 36.7 Å². The van der Waals surface area contributed by atoms with Crippen LogP contribution in [0, 0.1) is 0 Å². The third kappa shape index (κ3) is 3.48. The summed E-state index contributed by atoms with van der Waals surface area (Å²) in [6.07, 6.45) is -0.880. The Bertz CT molecular complexity index is 789. The Hall–Kier alpha value is -1.73. The fourth-order valence-electron chi connectivity index (χ4n) is 2.92. The lowest BCUT2D eigenvalue weighted by Gasteiger charge is -2.24. The molecule has 11 nitrogen and oxygen atoms in total. The van der Waals surface area contributed by atoms with Crippen LogP contribution in [0.25, 0.3) is 0 Å². The molecule has 2 saturated heterocycles. The molecule has 0 aliphatic carbocycles. The highest BCUT2D eigenvalue weighted by molar-refractivity contribution is 7.85. The maximum absolute atomic E-state index is 11.3. The monoisotopic (exact) mass is 377 g/mol. The molecule has 140 valence electrons. The van der Waals surface area contributed by atoms with Crippen LogP contribution in [0.5, 0.6) is 5.88 Å². The highest BCUT2D eigenvalue weighted by atomic mass is 32.2. The van der Waals surface area contributed by atoms with Gasteiger partial charge in [-0.25, -0.2) is 4.98 Å². The zero-order valence-corrected chi connectivity index (χ0v) is 14.6. The first-order valence-electron chi connectivity index (χ1n) is 7.39. The predicted octanol–water partition coefficient (Wildman–Crippen LogP) is -0.919. The van der Waals surface area contributed by atoms with E-state index in [0.717, 1.165) is 6.26 Å². The van der Waals surface area contributed by atoms with Gasteiger partial charge in [-0.05, 0) is 13.8 Å². The lowest BCUT2D eigenvalue weighted by atomic mass is 10.1. The van der Waals surface area contributed by atoms with Crippen LogP contribution in [-0.4, -0.2) is 65.9 Å². The van der Waals surface area contributed by atoms with E-state index >= 15 is 0 Å². The Morgan fingerprint density at radius 2 is 2.08 bits per heavy atom. The van der Waals surface area contributed by atoms with Crippen molar-refractivity contribution in [2.24, 2.45) is 5.73 Å². The van der Waals surface area contributed by atoms with Crippen molar-refractivity contribution in [1.82, 2.24) is 9.55 Å². The van der Waals surface area contributed by atoms with Crippen LogP contribution in [0.4, 0.5) is 0 Å². The number of rotatable bonds is 5. The molecule has 2 aliphatic heterocycles. The van der Waals surface area contributed by atoms with Gasteiger partial charge in [-0.3, -0.25) is 13.5 Å². The number of aromatic nitrogens is 2. The summed E-state index contributed by atoms with van der Waals surface area (Å²) in [5, 5.41) is 10.2. The van der Waals surface area contributed by atoms with Gasteiger partial charge in [0.2, 0.25) is 5.88 Å². The molecular weight excluding hydrogens is 358 g/mol. The molecule has 0 radical (unpaired) electrons. The number of carbonyl (C=O) groups is 1. The van der Waals surface area contributed by atoms with Gasteiger partial charge in [0.25, 0.3) is 16.0 Å². The van der Waals surface area contributed by atoms with Crippen molar-refractivity contribution in [3.63, 3.8) is 0 Å². The maximum atomic E-state index is 11.3. The Labute approximate surface area is 143 Å². The van der Waals surface area contributed by atoms with E-state index in [1.54, 1.807) is 13.8 Å². The smallest absolute Gasteiger partial charge is 0.272 e. The second-order valence-electron chi connectivity index (χ2n) is 6.31. The molecule has 0 spiro atoms. The first-order valence-corrected chi connectivity index (χ1v) is 9.21. The van der Waals surface area contributed by atoms with E-state index < -0.39 is 52.2 Å². The van der Waals surface area contributed by atoms with Crippen LogP contribution in [0.3, 0.4) is 0 Å². The number of carbonyl (C=O) groups excluding carboxylic acids is 1. The molecule has 0 unspecified atom stereocenters. The van der Waals surface area contributed by atoms with Crippen molar-refractivity contribution in [3.05, 3.63) is 12.0 Å². The van der Waals surface area contributed by atoms with Gasteiger partial charge in [-0.1, -0.05) is 0 Å². The molecule has 4 atom stereocenters. The average molecular weight is 377 g/mol. The number of ether oxygens (including phenoxy) is 3. The van der Waals surface area contributed by atoms with Crippen molar-refractivity contribution in [2.75, 3.05) is 12.9 Å². The number of aromatic hydroxyl groups is 1. The van der Waals surface area contributed by atoms with Gasteiger partial charge in [-0.2, -0.15) is 8.42 Å². The molecule has 1 amide bonds. The predicted molar refractivity (Wildman–Crippen MR) is 80.9 cm³/mol. The molecule has 0 aromatic carbocycles. The Kier molecular flexibility index (Phi) is 4.28. The van der Waals surface area contributed by atoms with Crippen LogP contribution in [-0.2, 0) is 28.5 Å². The summed E-state index contributed by atoms with van der Waals surface area (Å²) in [6.45, 7) is 3.10. The second-order valence-corrected chi connectivity index (χ2v) is 7.95. The molecule has 1 aromatic rings. The molecule has 0 bridgehead atoms. The topological polar surface area (TPSA) is 152 Å². The zero-order valence-electron chi connectivity index (χ0n) is 13.8. The first-order chi connectivity index (χ1) is 11.5. The minimum Gasteiger partial charge on any atom is -0.493 e. The van der Waals surface area contributed by atoms with E-state index in [1.165, 1.54) is 10.9 Å². The van der Waals surface area contributed by atoms with Crippen molar-refractivity contribution in [1.29, 1.82) is 0 Å². The van der Waals surface area contributed by atoms with Crippen LogP contribution in [0.1, 0.15) is 30.6 Å². The summed E-state index contributed by atoms with van der Waals surface area (Å²) in [6, 6.07) is 0. The summed E-state index contributed by atoms with van der Waals surface area (Å²) < 4.78 is 45.8. The van der Waals surface area contributed by atoms with Crippen molar-refractivity contribution in [3.8, 4) is 5.88 Å². The maximum Gasteiger partial charge on any atom is 0.272 e. The third-order valence-corrected chi connectivity index (χ3v) is 4.41. The van der Waals surface area contributed by atoms with Gasteiger partial charge in [0.05, 0.1) is 12.9 Å². The van der Waals surface area contributed by atoms with E-state index in [9.17, 15) is 18.3 Å². The average Bonchev–Trinajstić information content (AvgIpc) is 3.07. The van der Waals surface area contributed by atoms with E-state index in [0.29, 0.717) is 0 Å². The molecular formula is C13H19N3O8S. The Morgan fingerprint density at radius 3 is 2.64 bits per heavy atom. The number of hydrogen-bond donors (Lipinski definition) is 2. The number of imidazole rings is 1. The fraction of sp³-hybridized carbons (Fsp3) is 0.692. The second kappa shape index (κ2) is 5.92. The molecule has 0 saturated carbocycles. The molecule has 3 heterocycles. The van der Waals surface area contributed by atoms with Crippen LogP contribution in [0.2, 0.25) is 0 Å². The third-order valence-electron chi connectivity index (χ3n) is 3.85. The van der Waals surface area contributed by atoms with E-state index in [4.69, 9.17) is 24.1 Å². The summed E-state index contributed by atoms with van der Waals surface area (Å²) in [4.78, 5) is 15.0. The quantitative estimate of drug-likeness (QED) is 0.620. The molecule has 3 rings (SSSR count). The summed E-state index contributed by atoms with van der Waals surface area (Å²) in [7, 11) is -3.67. The van der Waals surface area contributed by atoms with Gasteiger partial charge in [0.15, 0.2) is 17.7 Å². The molecule has 12 heteroatoms. The van der Waals surface area contributed by atoms with Gasteiger partial charge in [0.1, 0.15) is 24.6 Å².